The molecule has 1 aromatic carbocycles. The second kappa shape index (κ2) is 7.95. The number of benzene rings is 1. The number of ether oxygens (including phenoxy) is 2. The van der Waals surface area contributed by atoms with Gasteiger partial charge in [-0.25, -0.2) is 9.78 Å². The molecule has 26 heavy (non-hydrogen) atoms. The maximum absolute atomic E-state index is 13.9. The zero-order chi connectivity index (χ0) is 19.3. The van der Waals surface area contributed by atoms with Crippen LogP contribution in [0.15, 0.2) is 36.4 Å². The van der Waals surface area contributed by atoms with Gasteiger partial charge >= 0.3 is 6.09 Å². The van der Waals surface area contributed by atoms with E-state index in [1.165, 1.54) is 17.0 Å². The lowest BCUT2D eigenvalue weighted by atomic mass is 10.2. The first kappa shape index (κ1) is 19.4. The van der Waals surface area contributed by atoms with E-state index in [1.54, 1.807) is 52.1 Å². The highest BCUT2D eigenvalue weighted by molar-refractivity contribution is 5.87. The van der Waals surface area contributed by atoms with Gasteiger partial charge in [0, 0.05) is 0 Å². The van der Waals surface area contributed by atoms with Gasteiger partial charge in [-0.15, -0.1) is 0 Å². The molecule has 2 rings (SSSR count). The number of carbonyl (C=O) groups is 2. The van der Waals surface area contributed by atoms with Gasteiger partial charge in [-0.2, -0.15) is 4.39 Å². The molecular formula is C19H21FN2O4. The SMILES string of the molecule is COc1ccc(CN(C(=O)OC(C)(C)C)c2ccc(C=O)c(F)n2)cc1. The van der Waals surface area contributed by atoms with Crippen LogP contribution in [0.2, 0.25) is 0 Å². The van der Waals surface area contributed by atoms with E-state index in [0.29, 0.717) is 12.0 Å². The van der Waals surface area contributed by atoms with Crippen molar-refractivity contribution in [2.24, 2.45) is 0 Å². The Morgan fingerprint density at radius 1 is 1.19 bits per heavy atom. The molecule has 138 valence electrons. The van der Waals surface area contributed by atoms with Crippen LogP contribution in [-0.4, -0.2) is 30.1 Å². The minimum Gasteiger partial charge on any atom is -0.497 e. The van der Waals surface area contributed by atoms with E-state index in [4.69, 9.17) is 9.47 Å². The number of pyridine rings is 1. The Morgan fingerprint density at radius 2 is 1.85 bits per heavy atom. The molecule has 0 aliphatic rings. The van der Waals surface area contributed by atoms with Crippen LogP contribution in [0.4, 0.5) is 15.0 Å². The Morgan fingerprint density at radius 3 is 2.35 bits per heavy atom. The summed E-state index contributed by atoms with van der Waals surface area (Å²) in [5.74, 6) is -0.212. The van der Waals surface area contributed by atoms with Crippen LogP contribution in [0, 0.1) is 5.95 Å². The molecule has 0 saturated carbocycles. The summed E-state index contributed by atoms with van der Waals surface area (Å²) >= 11 is 0. The summed E-state index contributed by atoms with van der Waals surface area (Å²) in [6.45, 7) is 5.33. The van der Waals surface area contributed by atoms with Gasteiger partial charge in [0.15, 0.2) is 6.29 Å². The Bertz CT molecular complexity index is 785. The molecule has 0 aliphatic carbocycles. The highest BCUT2D eigenvalue weighted by atomic mass is 19.1. The average Bonchev–Trinajstić information content (AvgIpc) is 2.58. The van der Waals surface area contributed by atoms with Crippen LogP contribution in [0.3, 0.4) is 0 Å². The lowest BCUT2D eigenvalue weighted by Gasteiger charge is -2.27. The summed E-state index contributed by atoms with van der Waals surface area (Å²) in [6, 6.07) is 9.76. The van der Waals surface area contributed by atoms with Crippen molar-refractivity contribution < 1.29 is 23.5 Å². The van der Waals surface area contributed by atoms with Gasteiger partial charge in [0.25, 0.3) is 0 Å². The summed E-state index contributed by atoms with van der Waals surface area (Å²) in [4.78, 5) is 28.3. The van der Waals surface area contributed by atoms with Gasteiger partial charge in [-0.1, -0.05) is 12.1 Å². The van der Waals surface area contributed by atoms with Crippen molar-refractivity contribution >= 4 is 18.2 Å². The van der Waals surface area contributed by atoms with Crippen molar-refractivity contribution in [3.63, 3.8) is 0 Å². The molecule has 0 aliphatic heterocycles. The maximum atomic E-state index is 13.9. The Balaban J connectivity index is 2.35. The molecular weight excluding hydrogens is 339 g/mol. The molecule has 0 saturated heterocycles. The van der Waals surface area contributed by atoms with E-state index in [9.17, 15) is 14.0 Å². The molecule has 1 heterocycles. The molecule has 1 aromatic heterocycles. The maximum Gasteiger partial charge on any atom is 0.416 e. The molecule has 0 fully saturated rings. The van der Waals surface area contributed by atoms with Crippen molar-refractivity contribution in [3.8, 4) is 5.75 Å². The van der Waals surface area contributed by atoms with Crippen molar-refractivity contribution in [2.75, 3.05) is 12.0 Å². The number of amides is 1. The summed E-state index contributed by atoms with van der Waals surface area (Å²) in [7, 11) is 1.56. The predicted molar refractivity (Wildman–Crippen MR) is 95.0 cm³/mol. The van der Waals surface area contributed by atoms with E-state index in [0.717, 1.165) is 5.56 Å². The topological polar surface area (TPSA) is 68.7 Å². The molecule has 0 N–H and O–H groups in total. The summed E-state index contributed by atoms with van der Waals surface area (Å²) in [5.41, 5.74) is -0.128. The monoisotopic (exact) mass is 360 g/mol. The van der Waals surface area contributed by atoms with E-state index >= 15 is 0 Å². The molecule has 0 bridgehead atoms. The number of methoxy groups -OCH3 is 1. The highest BCUT2D eigenvalue weighted by Gasteiger charge is 2.25. The minimum atomic E-state index is -0.944. The van der Waals surface area contributed by atoms with E-state index in [1.807, 2.05) is 0 Å². The van der Waals surface area contributed by atoms with E-state index < -0.39 is 17.6 Å². The van der Waals surface area contributed by atoms with Crippen LogP contribution in [-0.2, 0) is 11.3 Å². The van der Waals surface area contributed by atoms with Crippen LogP contribution < -0.4 is 9.64 Å². The number of halogens is 1. The van der Waals surface area contributed by atoms with Crippen molar-refractivity contribution in [2.45, 2.75) is 32.9 Å². The van der Waals surface area contributed by atoms with E-state index in [-0.39, 0.29) is 17.9 Å². The minimum absolute atomic E-state index is 0.0539. The van der Waals surface area contributed by atoms with Gasteiger partial charge in [0.05, 0.1) is 19.2 Å². The lowest BCUT2D eigenvalue weighted by molar-refractivity contribution is 0.0576. The zero-order valence-corrected chi connectivity index (χ0v) is 15.2. The Labute approximate surface area is 151 Å². The fraction of sp³-hybridized carbons (Fsp3) is 0.316. The standard InChI is InChI=1S/C19H21FN2O4/c1-19(2,3)26-18(24)22(11-13-5-8-15(25-4)9-6-13)16-10-7-14(12-23)17(20)21-16/h5-10,12H,11H2,1-4H3. The van der Waals surface area contributed by atoms with Crippen LogP contribution in [0.25, 0.3) is 0 Å². The third-order valence-electron chi connectivity index (χ3n) is 3.38. The summed E-state index contributed by atoms with van der Waals surface area (Å²) < 4.78 is 24.4. The first-order valence-electron chi connectivity index (χ1n) is 7.98. The first-order valence-corrected chi connectivity index (χ1v) is 7.98. The summed E-state index contributed by atoms with van der Waals surface area (Å²) in [5, 5.41) is 0. The average molecular weight is 360 g/mol. The molecule has 6 nitrogen and oxygen atoms in total. The van der Waals surface area contributed by atoms with Gasteiger partial charge in [-0.3, -0.25) is 9.69 Å². The third-order valence-corrected chi connectivity index (χ3v) is 3.38. The Hall–Kier alpha value is -2.96. The van der Waals surface area contributed by atoms with Gasteiger partial charge in [0.1, 0.15) is 17.2 Å². The Kier molecular flexibility index (Phi) is 5.92. The van der Waals surface area contributed by atoms with E-state index in [2.05, 4.69) is 4.98 Å². The number of nitrogens with zero attached hydrogens (tertiary/aromatic N) is 2. The molecule has 2 aromatic rings. The molecule has 0 unspecified atom stereocenters. The normalized spacial score (nSPS) is 11.0. The quantitative estimate of drug-likeness (QED) is 0.596. The van der Waals surface area contributed by atoms with Crippen LogP contribution in [0.1, 0.15) is 36.7 Å². The van der Waals surface area contributed by atoms with Crippen molar-refractivity contribution in [3.05, 3.63) is 53.5 Å². The fourth-order valence-electron chi connectivity index (χ4n) is 2.14. The van der Waals surface area contributed by atoms with Crippen LogP contribution >= 0.6 is 0 Å². The van der Waals surface area contributed by atoms with Crippen LogP contribution in [0.5, 0.6) is 5.75 Å². The number of hydrogen-bond donors (Lipinski definition) is 0. The smallest absolute Gasteiger partial charge is 0.416 e. The number of aldehydes is 1. The lowest BCUT2D eigenvalue weighted by Crippen LogP contribution is -2.37. The fourth-order valence-corrected chi connectivity index (χ4v) is 2.14. The predicted octanol–water partition coefficient (Wildman–Crippen LogP) is 3.98. The number of anilines is 1. The zero-order valence-electron chi connectivity index (χ0n) is 15.2. The van der Waals surface area contributed by atoms with Gasteiger partial charge in [0.2, 0.25) is 5.95 Å². The largest absolute Gasteiger partial charge is 0.497 e. The first-order chi connectivity index (χ1) is 12.2. The summed E-state index contributed by atoms with van der Waals surface area (Å²) in [6.07, 6.45) is -0.299. The van der Waals surface area contributed by atoms with Crippen molar-refractivity contribution in [1.29, 1.82) is 0 Å². The number of hydrogen-bond acceptors (Lipinski definition) is 5. The molecule has 7 heteroatoms. The second-order valence-electron chi connectivity index (χ2n) is 6.58. The highest BCUT2D eigenvalue weighted by Crippen LogP contribution is 2.21. The number of carbonyl (C=O) groups excluding carboxylic acids is 2. The number of rotatable bonds is 5. The third kappa shape index (κ3) is 5.02. The number of aromatic nitrogens is 1. The van der Waals surface area contributed by atoms with Crippen molar-refractivity contribution in [1.82, 2.24) is 4.98 Å². The molecule has 0 radical (unpaired) electrons. The van der Waals surface area contributed by atoms with Gasteiger partial charge < -0.3 is 9.47 Å². The molecule has 0 spiro atoms. The molecule has 0 atom stereocenters. The van der Waals surface area contributed by atoms with Gasteiger partial charge in [-0.05, 0) is 50.6 Å². The molecule has 1 amide bonds. The second-order valence-corrected chi connectivity index (χ2v) is 6.58.